The van der Waals surface area contributed by atoms with E-state index in [0.29, 0.717) is 5.69 Å². The summed E-state index contributed by atoms with van der Waals surface area (Å²) in [4.78, 5) is 36.4. The summed E-state index contributed by atoms with van der Waals surface area (Å²) in [5, 5.41) is 11.3. The van der Waals surface area contributed by atoms with Gasteiger partial charge in [-0.05, 0) is 30.3 Å². The van der Waals surface area contributed by atoms with Crippen molar-refractivity contribution in [3.63, 3.8) is 0 Å². The molecule has 0 bridgehead atoms. The second kappa shape index (κ2) is 5.18. The van der Waals surface area contributed by atoms with Gasteiger partial charge in [0.25, 0.3) is 11.5 Å². The van der Waals surface area contributed by atoms with Crippen LogP contribution >= 0.6 is 0 Å². The fourth-order valence-corrected chi connectivity index (χ4v) is 1.53. The van der Waals surface area contributed by atoms with Gasteiger partial charge in [0.1, 0.15) is 5.56 Å². The number of aromatic amines is 1. The number of rotatable bonds is 3. The molecule has 0 radical (unpaired) electrons. The number of pyridine rings is 1. The zero-order valence-corrected chi connectivity index (χ0v) is 9.71. The summed E-state index contributed by atoms with van der Waals surface area (Å²) in [6.45, 7) is 0. The third-order valence-corrected chi connectivity index (χ3v) is 2.43. The first kappa shape index (κ1) is 12.6. The van der Waals surface area contributed by atoms with Crippen LogP contribution in [0, 0.1) is 0 Å². The molecule has 0 saturated carbocycles. The number of hydrogen-bond donors (Lipinski definition) is 3. The second-order valence-corrected chi connectivity index (χ2v) is 3.75. The van der Waals surface area contributed by atoms with Crippen LogP contribution in [0.15, 0.2) is 47.4 Å². The molecule has 19 heavy (non-hydrogen) atoms. The van der Waals surface area contributed by atoms with Gasteiger partial charge in [0.2, 0.25) is 0 Å². The minimum absolute atomic E-state index is 0.0387. The average molecular weight is 258 g/mol. The van der Waals surface area contributed by atoms with Crippen LogP contribution in [-0.2, 0) is 0 Å². The van der Waals surface area contributed by atoms with E-state index >= 15 is 0 Å². The highest BCUT2D eigenvalue weighted by Gasteiger charge is 2.10. The Morgan fingerprint density at radius 2 is 1.95 bits per heavy atom. The lowest BCUT2D eigenvalue weighted by Crippen LogP contribution is -2.22. The molecule has 96 valence electrons. The third-order valence-electron chi connectivity index (χ3n) is 2.43. The Morgan fingerprint density at radius 3 is 2.63 bits per heavy atom. The van der Waals surface area contributed by atoms with Crippen LogP contribution < -0.4 is 10.9 Å². The number of aromatic carboxylic acids is 1. The monoisotopic (exact) mass is 258 g/mol. The van der Waals surface area contributed by atoms with Crippen molar-refractivity contribution in [3.05, 3.63) is 64.1 Å². The van der Waals surface area contributed by atoms with Gasteiger partial charge in [-0.15, -0.1) is 0 Å². The van der Waals surface area contributed by atoms with Gasteiger partial charge in [-0.3, -0.25) is 9.59 Å². The van der Waals surface area contributed by atoms with E-state index in [1.165, 1.54) is 36.5 Å². The SMILES string of the molecule is O=C(O)c1cccc(NC(=O)c2ccc[nH]c2=O)c1. The number of hydrogen-bond acceptors (Lipinski definition) is 3. The molecule has 0 spiro atoms. The molecular formula is C13H10N2O4. The molecule has 0 aliphatic carbocycles. The number of nitrogens with one attached hydrogen (secondary N) is 2. The maximum atomic E-state index is 11.8. The molecule has 0 aliphatic heterocycles. The van der Waals surface area contributed by atoms with Crippen molar-refractivity contribution in [1.82, 2.24) is 4.98 Å². The van der Waals surface area contributed by atoms with E-state index in [2.05, 4.69) is 10.3 Å². The van der Waals surface area contributed by atoms with Gasteiger partial charge < -0.3 is 15.4 Å². The number of anilines is 1. The summed E-state index contributed by atoms with van der Waals surface area (Å²) < 4.78 is 0. The predicted molar refractivity (Wildman–Crippen MR) is 68.4 cm³/mol. The van der Waals surface area contributed by atoms with Crippen LogP contribution in [0.5, 0.6) is 0 Å². The van der Waals surface area contributed by atoms with Crippen molar-refractivity contribution in [2.75, 3.05) is 5.32 Å². The average Bonchev–Trinajstić information content (AvgIpc) is 2.39. The van der Waals surface area contributed by atoms with E-state index in [9.17, 15) is 14.4 Å². The van der Waals surface area contributed by atoms with Crippen molar-refractivity contribution in [2.45, 2.75) is 0 Å². The van der Waals surface area contributed by atoms with E-state index < -0.39 is 17.4 Å². The van der Waals surface area contributed by atoms with Gasteiger partial charge >= 0.3 is 5.97 Å². The molecule has 3 N–H and O–H groups in total. The lowest BCUT2D eigenvalue weighted by atomic mass is 10.2. The minimum Gasteiger partial charge on any atom is -0.478 e. The summed E-state index contributed by atoms with van der Waals surface area (Å²) in [7, 11) is 0. The molecular weight excluding hydrogens is 248 g/mol. The van der Waals surface area contributed by atoms with E-state index in [-0.39, 0.29) is 11.1 Å². The Kier molecular flexibility index (Phi) is 3.42. The normalized spacial score (nSPS) is 9.89. The highest BCUT2D eigenvalue weighted by atomic mass is 16.4. The number of H-pyrrole nitrogens is 1. The highest BCUT2D eigenvalue weighted by Crippen LogP contribution is 2.11. The fraction of sp³-hybridized carbons (Fsp3) is 0. The maximum absolute atomic E-state index is 11.8. The lowest BCUT2D eigenvalue weighted by molar-refractivity contribution is 0.0696. The largest absolute Gasteiger partial charge is 0.478 e. The van der Waals surface area contributed by atoms with Crippen LogP contribution in [0.4, 0.5) is 5.69 Å². The van der Waals surface area contributed by atoms with Gasteiger partial charge in [0.15, 0.2) is 0 Å². The van der Waals surface area contributed by atoms with Crippen molar-refractivity contribution in [3.8, 4) is 0 Å². The molecule has 0 aliphatic rings. The summed E-state index contributed by atoms with van der Waals surface area (Å²) in [6.07, 6.45) is 1.42. The molecule has 1 heterocycles. The summed E-state index contributed by atoms with van der Waals surface area (Å²) in [5.74, 6) is -1.68. The van der Waals surface area contributed by atoms with Crippen LogP contribution in [-0.4, -0.2) is 22.0 Å². The Morgan fingerprint density at radius 1 is 1.16 bits per heavy atom. The molecule has 0 atom stereocenters. The number of amides is 1. The van der Waals surface area contributed by atoms with Crippen LogP contribution in [0.25, 0.3) is 0 Å². The molecule has 0 saturated heterocycles. The highest BCUT2D eigenvalue weighted by molar-refractivity contribution is 6.04. The number of carboxylic acids is 1. The van der Waals surface area contributed by atoms with Crippen LogP contribution in [0.3, 0.4) is 0 Å². The molecule has 0 unspecified atom stereocenters. The van der Waals surface area contributed by atoms with E-state index in [4.69, 9.17) is 5.11 Å². The van der Waals surface area contributed by atoms with Gasteiger partial charge in [0.05, 0.1) is 5.56 Å². The predicted octanol–water partition coefficient (Wildman–Crippen LogP) is 1.33. The van der Waals surface area contributed by atoms with Gasteiger partial charge in [-0.1, -0.05) is 6.07 Å². The molecule has 0 fully saturated rings. The van der Waals surface area contributed by atoms with E-state index in [1.807, 2.05) is 0 Å². The first-order valence-electron chi connectivity index (χ1n) is 5.40. The fourth-order valence-electron chi connectivity index (χ4n) is 1.53. The topological polar surface area (TPSA) is 99.3 Å². The van der Waals surface area contributed by atoms with Crippen LogP contribution in [0.2, 0.25) is 0 Å². The first-order chi connectivity index (χ1) is 9.08. The molecule has 1 aromatic carbocycles. The minimum atomic E-state index is -1.09. The van der Waals surface area contributed by atoms with Crippen molar-refractivity contribution in [1.29, 1.82) is 0 Å². The Bertz CT molecular complexity index is 691. The summed E-state index contributed by atoms with van der Waals surface area (Å²) >= 11 is 0. The van der Waals surface area contributed by atoms with Gasteiger partial charge in [0, 0.05) is 11.9 Å². The molecule has 1 amide bonds. The summed E-state index contributed by atoms with van der Waals surface area (Å²) in [5.41, 5.74) is -0.175. The second-order valence-electron chi connectivity index (χ2n) is 3.75. The third kappa shape index (κ3) is 2.86. The number of carbonyl (C=O) groups excluding carboxylic acids is 1. The molecule has 6 heteroatoms. The van der Waals surface area contributed by atoms with E-state index in [0.717, 1.165) is 0 Å². The van der Waals surface area contributed by atoms with E-state index in [1.54, 1.807) is 6.07 Å². The van der Waals surface area contributed by atoms with Crippen molar-refractivity contribution < 1.29 is 14.7 Å². The molecule has 2 aromatic rings. The van der Waals surface area contributed by atoms with Crippen LogP contribution in [0.1, 0.15) is 20.7 Å². The quantitative estimate of drug-likeness (QED) is 0.773. The zero-order valence-electron chi connectivity index (χ0n) is 9.71. The lowest BCUT2D eigenvalue weighted by Gasteiger charge is -2.05. The Labute approximate surface area is 107 Å². The molecule has 2 rings (SSSR count). The Balaban J connectivity index is 2.25. The van der Waals surface area contributed by atoms with Crippen molar-refractivity contribution >= 4 is 17.6 Å². The molecule has 1 aromatic heterocycles. The Hall–Kier alpha value is -2.89. The number of benzene rings is 1. The van der Waals surface area contributed by atoms with Gasteiger partial charge in [-0.2, -0.15) is 0 Å². The smallest absolute Gasteiger partial charge is 0.335 e. The standard InChI is InChI=1S/C13H10N2O4/c16-11-10(5-2-6-14-11)12(17)15-9-4-1-3-8(7-9)13(18)19/h1-7H,(H,14,16)(H,15,17)(H,18,19). The zero-order chi connectivity index (χ0) is 13.8. The number of carboxylic acid groups (broad SMARTS) is 1. The first-order valence-corrected chi connectivity index (χ1v) is 5.40. The van der Waals surface area contributed by atoms with Crippen molar-refractivity contribution in [2.24, 2.45) is 0 Å². The summed E-state index contributed by atoms with van der Waals surface area (Å²) in [6, 6.07) is 8.69. The number of aromatic nitrogens is 1. The molecule has 6 nitrogen and oxygen atoms in total. The number of carbonyl (C=O) groups is 2. The van der Waals surface area contributed by atoms with Gasteiger partial charge in [-0.25, -0.2) is 4.79 Å². The maximum Gasteiger partial charge on any atom is 0.335 e.